The van der Waals surface area contributed by atoms with E-state index in [2.05, 4.69) is 15.5 Å². The van der Waals surface area contributed by atoms with Gasteiger partial charge in [0.15, 0.2) is 11.5 Å². The smallest absolute Gasteiger partial charge is 0.259 e. The van der Waals surface area contributed by atoms with Crippen molar-refractivity contribution < 1.29 is 19.1 Å². The summed E-state index contributed by atoms with van der Waals surface area (Å²) in [5.41, 5.74) is 2.89. The van der Waals surface area contributed by atoms with Crippen LogP contribution < -0.4 is 19.7 Å². The summed E-state index contributed by atoms with van der Waals surface area (Å²) < 4.78 is 11.2. The van der Waals surface area contributed by atoms with Crippen LogP contribution in [0.3, 0.4) is 0 Å². The van der Waals surface area contributed by atoms with E-state index in [4.69, 9.17) is 21.1 Å². The molecule has 0 spiro atoms. The molecule has 2 aliphatic rings. The van der Waals surface area contributed by atoms with E-state index in [1.54, 1.807) is 23.1 Å². The number of carbonyl (C=O) groups excluding carboxylic acids is 2. The first-order valence-electron chi connectivity index (χ1n) is 9.95. The molecule has 8 nitrogen and oxygen atoms in total. The van der Waals surface area contributed by atoms with Crippen LogP contribution in [0.4, 0.5) is 11.4 Å². The van der Waals surface area contributed by atoms with Gasteiger partial charge in [-0.3, -0.25) is 14.7 Å². The van der Waals surface area contributed by atoms with Gasteiger partial charge >= 0.3 is 0 Å². The molecule has 9 heteroatoms. The molecule has 0 unspecified atom stereocenters. The van der Waals surface area contributed by atoms with E-state index in [0.717, 1.165) is 12.0 Å². The Bertz CT molecular complexity index is 1180. The summed E-state index contributed by atoms with van der Waals surface area (Å²) in [7, 11) is 0. The van der Waals surface area contributed by atoms with Crippen molar-refractivity contribution in [2.75, 3.05) is 30.0 Å². The summed E-state index contributed by atoms with van der Waals surface area (Å²) in [5, 5.41) is 10.2. The second-order valence-electron chi connectivity index (χ2n) is 7.29. The number of H-pyrrole nitrogens is 1. The molecule has 1 aromatic heterocycles. The lowest BCUT2D eigenvalue weighted by Crippen LogP contribution is -2.24. The summed E-state index contributed by atoms with van der Waals surface area (Å²) in [6.45, 7) is 1.64. The van der Waals surface area contributed by atoms with Crippen LogP contribution in [0.2, 0.25) is 5.02 Å². The van der Waals surface area contributed by atoms with Gasteiger partial charge in [-0.05, 0) is 42.8 Å². The van der Waals surface area contributed by atoms with Gasteiger partial charge in [-0.1, -0.05) is 11.6 Å². The van der Waals surface area contributed by atoms with Crippen LogP contribution in [0.15, 0.2) is 42.6 Å². The van der Waals surface area contributed by atoms with Gasteiger partial charge < -0.3 is 19.7 Å². The standard InChI is InChI=1S/C22H19ClN4O4/c23-16-11-14(4-5-17(16)27-7-1-2-20(27)28)25-22(29)15-12-24-26-21(15)13-3-6-18-19(10-13)31-9-8-30-18/h3-6,10-12H,1-2,7-9H2,(H,24,26)(H,25,29). The maximum absolute atomic E-state index is 12.9. The van der Waals surface area contributed by atoms with Crippen LogP contribution >= 0.6 is 11.6 Å². The van der Waals surface area contributed by atoms with Gasteiger partial charge in [0.25, 0.3) is 5.91 Å². The van der Waals surface area contributed by atoms with E-state index < -0.39 is 0 Å². The first kappa shape index (κ1) is 19.4. The molecule has 0 radical (unpaired) electrons. The monoisotopic (exact) mass is 438 g/mol. The quantitative estimate of drug-likeness (QED) is 0.644. The zero-order valence-electron chi connectivity index (χ0n) is 16.5. The number of carbonyl (C=O) groups is 2. The van der Waals surface area contributed by atoms with Crippen molar-refractivity contribution in [3.05, 3.63) is 53.2 Å². The van der Waals surface area contributed by atoms with Crippen molar-refractivity contribution in [1.82, 2.24) is 10.2 Å². The van der Waals surface area contributed by atoms with Gasteiger partial charge in [0.1, 0.15) is 13.2 Å². The third-order valence-corrected chi connectivity index (χ3v) is 5.59. The van der Waals surface area contributed by atoms with Crippen molar-refractivity contribution in [2.24, 2.45) is 0 Å². The van der Waals surface area contributed by atoms with Crippen LogP contribution in [-0.2, 0) is 4.79 Å². The molecule has 2 amide bonds. The molecular formula is C22H19ClN4O4. The molecule has 31 heavy (non-hydrogen) atoms. The van der Waals surface area contributed by atoms with Crippen LogP contribution in [0.1, 0.15) is 23.2 Å². The summed E-state index contributed by atoms with van der Waals surface area (Å²) in [6.07, 6.45) is 2.81. The summed E-state index contributed by atoms with van der Waals surface area (Å²) in [6, 6.07) is 10.6. The third-order valence-electron chi connectivity index (χ3n) is 5.28. The molecule has 1 fully saturated rings. The molecule has 2 N–H and O–H groups in total. The fourth-order valence-corrected chi connectivity index (χ4v) is 4.06. The number of nitrogens with zero attached hydrogens (tertiary/aromatic N) is 2. The van der Waals surface area contributed by atoms with Gasteiger partial charge in [0.2, 0.25) is 5.91 Å². The minimum Gasteiger partial charge on any atom is -0.486 e. The zero-order valence-corrected chi connectivity index (χ0v) is 17.2. The number of halogens is 1. The number of aromatic nitrogens is 2. The molecular weight excluding hydrogens is 420 g/mol. The first-order chi connectivity index (χ1) is 15.1. The zero-order chi connectivity index (χ0) is 21.4. The molecule has 0 bridgehead atoms. The Hall–Kier alpha value is -3.52. The van der Waals surface area contributed by atoms with Crippen LogP contribution in [-0.4, -0.2) is 41.8 Å². The number of fused-ring (bicyclic) bond motifs is 1. The molecule has 3 heterocycles. The molecule has 3 aromatic rings. The van der Waals surface area contributed by atoms with Gasteiger partial charge in [0, 0.05) is 24.2 Å². The van der Waals surface area contributed by atoms with E-state index in [1.807, 2.05) is 18.2 Å². The largest absolute Gasteiger partial charge is 0.486 e. The van der Waals surface area contributed by atoms with E-state index >= 15 is 0 Å². The highest BCUT2D eigenvalue weighted by Crippen LogP contribution is 2.35. The van der Waals surface area contributed by atoms with Crippen molar-refractivity contribution in [1.29, 1.82) is 0 Å². The van der Waals surface area contributed by atoms with Gasteiger partial charge in [-0.2, -0.15) is 5.10 Å². The summed E-state index contributed by atoms with van der Waals surface area (Å²) in [4.78, 5) is 26.6. The third kappa shape index (κ3) is 3.70. The first-order valence-corrected chi connectivity index (χ1v) is 10.3. The Labute approximate surface area is 183 Å². The van der Waals surface area contributed by atoms with Gasteiger partial charge in [-0.15, -0.1) is 0 Å². The fraction of sp³-hybridized carbons (Fsp3) is 0.227. The van der Waals surface area contributed by atoms with E-state index in [-0.39, 0.29) is 11.8 Å². The van der Waals surface area contributed by atoms with Crippen LogP contribution in [0.5, 0.6) is 11.5 Å². The molecule has 158 valence electrons. The number of hydrogen-bond acceptors (Lipinski definition) is 5. The second kappa shape index (κ2) is 7.96. The minimum absolute atomic E-state index is 0.0566. The number of nitrogens with one attached hydrogen (secondary N) is 2. The molecule has 1 saturated heterocycles. The number of amides is 2. The number of aromatic amines is 1. The lowest BCUT2D eigenvalue weighted by Gasteiger charge is -2.19. The van der Waals surface area contributed by atoms with Gasteiger partial charge in [0.05, 0.1) is 28.2 Å². The van der Waals surface area contributed by atoms with E-state index in [0.29, 0.717) is 65.3 Å². The topological polar surface area (TPSA) is 96.6 Å². The van der Waals surface area contributed by atoms with E-state index in [9.17, 15) is 9.59 Å². The van der Waals surface area contributed by atoms with Crippen molar-refractivity contribution in [3.8, 4) is 22.8 Å². The molecule has 5 rings (SSSR count). The Morgan fingerprint density at radius 1 is 1.13 bits per heavy atom. The normalized spacial score (nSPS) is 15.3. The Morgan fingerprint density at radius 2 is 1.97 bits per heavy atom. The lowest BCUT2D eigenvalue weighted by atomic mass is 10.1. The maximum Gasteiger partial charge on any atom is 0.259 e. The highest BCUT2D eigenvalue weighted by molar-refractivity contribution is 6.34. The fourth-order valence-electron chi connectivity index (χ4n) is 3.78. The number of anilines is 2. The lowest BCUT2D eigenvalue weighted by molar-refractivity contribution is -0.117. The number of rotatable bonds is 4. The van der Waals surface area contributed by atoms with Crippen molar-refractivity contribution >= 4 is 34.8 Å². The predicted molar refractivity (Wildman–Crippen MR) is 116 cm³/mol. The predicted octanol–water partition coefficient (Wildman–Crippen LogP) is 3.88. The number of hydrogen-bond donors (Lipinski definition) is 2. The Kier molecular flexibility index (Phi) is 4.99. The molecule has 0 atom stereocenters. The van der Waals surface area contributed by atoms with Crippen LogP contribution in [0, 0.1) is 0 Å². The second-order valence-corrected chi connectivity index (χ2v) is 7.69. The Morgan fingerprint density at radius 3 is 2.74 bits per heavy atom. The van der Waals surface area contributed by atoms with E-state index in [1.165, 1.54) is 6.20 Å². The molecule has 2 aliphatic heterocycles. The minimum atomic E-state index is -0.334. The number of benzene rings is 2. The number of ether oxygens (including phenoxy) is 2. The molecule has 0 saturated carbocycles. The highest BCUT2D eigenvalue weighted by atomic mass is 35.5. The highest BCUT2D eigenvalue weighted by Gasteiger charge is 2.24. The molecule has 2 aromatic carbocycles. The Balaban J connectivity index is 1.37. The van der Waals surface area contributed by atoms with Crippen LogP contribution in [0.25, 0.3) is 11.3 Å². The summed E-state index contributed by atoms with van der Waals surface area (Å²) >= 11 is 6.39. The maximum atomic E-state index is 12.9. The van der Waals surface area contributed by atoms with Gasteiger partial charge in [-0.25, -0.2) is 0 Å². The average molecular weight is 439 g/mol. The molecule has 0 aliphatic carbocycles. The summed E-state index contributed by atoms with van der Waals surface area (Å²) in [5.74, 6) is 1.02. The van der Waals surface area contributed by atoms with Crippen molar-refractivity contribution in [2.45, 2.75) is 12.8 Å². The average Bonchev–Trinajstić information content (AvgIpc) is 3.43. The van der Waals surface area contributed by atoms with Crippen molar-refractivity contribution in [3.63, 3.8) is 0 Å². The SMILES string of the molecule is O=C(Nc1ccc(N2CCCC2=O)c(Cl)c1)c1cn[nH]c1-c1ccc2c(c1)OCCO2.